The highest BCUT2D eigenvalue weighted by atomic mass is 79.9. The van der Waals surface area contributed by atoms with Crippen LogP contribution >= 0.6 is 39.1 Å². The van der Waals surface area contributed by atoms with Gasteiger partial charge in [-0.3, -0.25) is 13.9 Å². The fraction of sp³-hybridized carbons (Fsp3) is 0.231. The minimum Gasteiger partial charge on any atom is -0.357 e. The molecule has 0 aliphatic rings. The number of carbonyl (C=O) groups is 2. The number of rotatable bonds is 9. The van der Waals surface area contributed by atoms with Gasteiger partial charge >= 0.3 is 0 Å². The smallest absolute Gasteiger partial charge is 0.264 e. The van der Waals surface area contributed by atoms with Gasteiger partial charge in [-0.25, -0.2) is 8.42 Å². The topological polar surface area (TPSA) is 86.8 Å². The van der Waals surface area contributed by atoms with E-state index in [1.165, 1.54) is 42.3 Å². The van der Waals surface area contributed by atoms with Crippen molar-refractivity contribution in [1.82, 2.24) is 10.2 Å². The molecule has 0 fully saturated rings. The molecule has 3 aromatic rings. The first-order valence-corrected chi connectivity index (χ1v) is 14.2. The lowest BCUT2D eigenvalue weighted by Crippen LogP contribution is -2.50. The molecule has 0 aliphatic heterocycles. The summed E-state index contributed by atoms with van der Waals surface area (Å²) >= 11 is 16.0. The maximum atomic E-state index is 13.8. The number of carbonyl (C=O) groups excluding carboxylic acids is 2. The molecule has 0 saturated heterocycles. The summed E-state index contributed by atoms with van der Waals surface area (Å²) in [5.74, 6) is -0.982. The molecular weight excluding hydrogens is 601 g/mol. The molecule has 0 saturated carbocycles. The van der Waals surface area contributed by atoms with Crippen LogP contribution in [0.4, 0.5) is 5.69 Å². The second-order valence-electron chi connectivity index (χ2n) is 8.36. The SMILES string of the molecule is CNC(=O)[C@H](C)N(Cc1ccc(Br)cc1)C(=O)CN(c1cc(Cl)ccc1Cl)S(=O)(=O)c1ccc(C)cc1. The van der Waals surface area contributed by atoms with Crippen LogP contribution in [-0.2, 0) is 26.2 Å². The van der Waals surface area contributed by atoms with Crippen LogP contribution in [0.25, 0.3) is 0 Å². The van der Waals surface area contributed by atoms with Crippen molar-refractivity contribution in [1.29, 1.82) is 0 Å². The average molecular weight is 627 g/mol. The number of anilines is 1. The highest BCUT2D eigenvalue weighted by Crippen LogP contribution is 2.33. The van der Waals surface area contributed by atoms with Crippen LogP contribution in [0, 0.1) is 6.92 Å². The normalized spacial score (nSPS) is 12.1. The number of halogens is 3. The van der Waals surface area contributed by atoms with Crippen LogP contribution in [0.5, 0.6) is 0 Å². The predicted molar refractivity (Wildman–Crippen MR) is 150 cm³/mol. The molecule has 0 unspecified atom stereocenters. The number of benzene rings is 3. The van der Waals surface area contributed by atoms with Crippen LogP contribution in [0.3, 0.4) is 0 Å². The maximum absolute atomic E-state index is 13.8. The molecule has 0 aliphatic carbocycles. The summed E-state index contributed by atoms with van der Waals surface area (Å²) in [6.07, 6.45) is 0. The van der Waals surface area contributed by atoms with Crippen molar-refractivity contribution in [2.24, 2.45) is 0 Å². The van der Waals surface area contributed by atoms with Gasteiger partial charge in [-0.05, 0) is 61.9 Å². The van der Waals surface area contributed by atoms with Crippen molar-refractivity contribution in [2.75, 3.05) is 17.9 Å². The van der Waals surface area contributed by atoms with Gasteiger partial charge in [-0.1, -0.05) is 69.0 Å². The number of amides is 2. The molecule has 0 heterocycles. The van der Waals surface area contributed by atoms with Gasteiger partial charge in [0.2, 0.25) is 11.8 Å². The predicted octanol–water partition coefficient (Wildman–Crippen LogP) is 5.42. The van der Waals surface area contributed by atoms with Gasteiger partial charge in [0.25, 0.3) is 10.0 Å². The summed E-state index contributed by atoms with van der Waals surface area (Å²) in [6, 6.07) is 17.0. The molecule has 1 N–H and O–H groups in total. The molecule has 37 heavy (non-hydrogen) atoms. The van der Waals surface area contributed by atoms with Crippen molar-refractivity contribution < 1.29 is 18.0 Å². The van der Waals surface area contributed by atoms with Crippen molar-refractivity contribution in [2.45, 2.75) is 31.3 Å². The number of hydrogen-bond donors (Lipinski definition) is 1. The molecule has 1 atom stereocenters. The van der Waals surface area contributed by atoms with E-state index in [-0.39, 0.29) is 33.1 Å². The third-order valence-electron chi connectivity index (χ3n) is 5.74. The highest BCUT2D eigenvalue weighted by molar-refractivity contribution is 9.10. The van der Waals surface area contributed by atoms with Crippen LogP contribution in [0.2, 0.25) is 10.0 Å². The van der Waals surface area contributed by atoms with Gasteiger partial charge in [0.1, 0.15) is 12.6 Å². The Morgan fingerprint density at radius 1 is 1.00 bits per heavy atom. The third-order valence-corrected chi connectivity index (χ3v) is 8.60. The van der Waals surface area contributed by atoms with Crippen LogP contribution in [0.1, 0.15) is 18.1 Å². The van der Waals surface area contributed by atoms with E-state index in [1.807, 2.05) is 31.2 Å². The first-order chi connectivity index (χ1) is 17.4. The summed E-state index contributed by atoms with van der Waals surface area (Å²) in [7, 11) is -2.76. The van der Waals surface area contributed by atoms with Gasteiger partial charge in [-0.15, -0.1) is 0 Å². The lowest BCUT2D eigenvalue weighted by molar-refractivity contribution is -0.139. The highest BCUT2D eigenvalue weighted by Gasteiger charge is 2.33. The standard InChI is InChI=1S/C26H26BrCl2N3O4S/c1-17-4-11-22(12-5-17)37(35,36)32(24-14-21(28)10-13-23(24)29)16-25(33)31(18(2)26(34)30-3)15-19-6-8-20(27)9-7-19/h4-14,18H,15-16H2,1-3H3,(H,30,34)/t18-/m0/s1. The monoisotopic (exact) mass is 625 g/mol. The molecule has 0 bridgehead atoms. The van der Waals surface area contributed by atoms with Gasteiger partial charge in [0, 0.05) is 23.1 Å². The van der Waals surface area contributed by atoms with Gasteiger partial charge in [0.05, 0.1) is 15.6 Å². The molecule has 0 radical (unpaired) electrons. The van der Waals surface area contributed by atoms with Crippen molar-refractivity contribution in [3.05, 3.63) is 92.4 Å². The fourth-order valence-electron chi connectivity index (χ4n) is 3.61. The van der Waals surface area contributed by atoms with E-state index < -0.39 is 28.5 Å². The zero-order valence-electron chi connectivity index (χ0n) is 20.4. The summed E-state index contributed by atoms with van der Waals surface area (Å²) in [6.45, 7) is 2.91. The first kappa shape index (κ1) is 29.0. The van der Waals surface area contributed by atoms with E-state index in [0.717, 1.165) is 19.9 Å². The molecule has 0 aromatic heterocycles. The van der Waals surface area contributed by atoms with Crippen LogP contribution < -0.4 is 9.62 Å². The molecule has 0 spiro atoms. The van der Waals surface area contributed by atoms with Gasteiger partial charge < -0.3 is 10.2 Å². The number of nitrogens with zero attached hydrogens (tertiary/aromatic N) is 2. The van der Waals surface area contributed by atoms with E-state index >= 15 is 0 Å². The molecule has 3 aromatic carbocycles. The third kappa shape index (κ3) is 7.04. The van der Waals surface area contributed by atoms with Crippen molar-refractivity contribution >= 4 is 66.7 Å². The van der Waals surface area contributed by atoms with E-state index in [2.05, 4.69) is 21.2 Å². The fourth-order valence-corrected chi connectivity index (χ4v) is 5.73. The second kappa shape index (κ2) is 12.3. The average Bonchev–Trinajstić information content (AvgIpc) is 2.87. The molecule has 11 heteroatoms. The second-order valence-corrected chi connectivity index (χ2v) is 12.0. The quantitative estimate of drug-likeness (QED) is 0.344. The Kier molecular flexibility index (Phi) is 9.63. The minimum atomic E-state index is -4.23. The molecular formula is C26H26BrCl2N3O4S. The number of nitrogens with one attached hydrogen (secondary N) is 1. The molecule has 2 amide bonds. The number of sulfonamides is 1. The minimum absolute atomic E-state index is 0.0132. The Bertz CT molecular complexity index is 1380. The zero-order chi connectivity index (χ0) is 27.3. The van der Waals surface area contributed by atoms with Gasteiger partial charge in [0.15, 0.2) is 0 Å². The van der Waals surface area contributed by atoms with E-state index in [0.29, 0.717) is 0 Å². The van der Waals surface area contributed by atoms with Gasteiger partial charge in [-0.2, -0.15) is 0 Å². The molecule has 3 rings (SSSR count). The summed E-state index contributed by atoms with van der Waals surface area (Å²) in [4.78, 5) is 27.6. The van der Waals surface area contributed by atoms with Crippen LogP contribution in [-0.4, -0.2) is 44.8 Å². The lowest BCUT2D eigenvalue weighted by atomic mass is 10.1. The first-order valence-electron chi connectivity index (χ1n) is 11.2. The Labute approximate surface area is 235 Å². The maximum Gasteiger partial charge on any atom is 0.264 e. The Hall–Kier alpha value is -2.59. The number of likely N-dealkylation sites (N-methyl/N-ethyl adjacent to an activating group) is 1. The summed E-state index contributed by atoms with van der Waals surface area (Å²) in [5.41, 5.74) is 1.70. The van der Waals surface area contributed by atoms with E-state index in [1.54, 1.807) is 19.1 Å². The Morgan fingerprint density at radius 2 is 1.62 bits per heavy atom. The number of hydrogen-bond acceptors (Lipinski definition) is 4. The summed E-state index contributed by atoms with van der Waals surface area (Å²) in [5, 5.41) is 2.90. The largest absolute Gasteiger partial charge is 0.357 e. The van der Waals surface area contributed by atoms with Crippen molar-refractivity contribution in [3.8, 4) is 0 Å². The van der Waals surface area contributed by atoms with E-state index in [9.17, 15) is 18.0 Å². The van der Waals surface area contributed by atoms with E-state index in [4.69, 9.17) is 23.2 Å². The Balaban J connectivity index is 2.07. The number of aryl methyl sites for hydroxylation is 1. The summed E-state index contributed by atoms with van der Waals surface area (Å²) < 4.78 is 29.4. The van der Waals surface area contributed by atoms with Crippen LogP contribution in [0.15, 0.2) is 76.1 Å². The zero-order valence-corrected chi connectivity index (χ0v) is 24.3. The van der Waals surface area contributed by atoms with Crippen molar-refractivity contribution in [3.63, 3.8) is 0 Å². The Morgan fingerprint density at radius 3 is 2.22 bits per heavy atom. The molecule has 196 valence electrons. The lowest BCUT2D eigenvalue weighted by Gasteiger charge is -2.32. The molecule has 7 nitrogen and oxygen atoms in total.